The van der Waals surface area contributed by atoms with Crippen molar-refractivity contribution in [2.75, 3.05) is 6.61 Å². The molecule has 0 saturated heterocycles. The average Bonchev–Trinajstić information content (AvgIpc) is 2.93. The van der Waals surface area contributed by atoms with Crippen molar-refractivity contribution in [3.05, 3.63) is 52.0 Å². The Labute approximate surface area is 161 Å². The Kier molecular flexibility index (Phi) is 5.19. The van der Waals surface area contributed by atoms with Crippen LogP contribution < -0.4 is 4.74 Å². The fourth-order valence-corrected chi connectivity index (χ4v) is 3.41. The molecule has 0 aliphatic carbocycles. The maximum absolute atomic E-state index is 13.4. The molecule has 2 N–H and O–H groups in total. The van der Waals surface area contributed by atoms with Crippen molar-refractivity contribution in [2.45, 2.75) is 19.5 Å². The first-order valence-corrected chi connectivity index (χ1v) is 8.87. The summed E-state index contributed by atoms with van der Waals surface area (Å²) in [5.74, 6) is -0.685. The molecule has 0 spiro atoms. The lowest BCUT2D eigenvalue weighted by atomic mass is 10.0. The minimum atomic E-state index is -4.57. The highest BCUT2D eigenvalue weighted by Crippen LogP contribution is 2.41. The highest BCUT2D eigenvalue weighted by Gasteiger charge is 2.34. The summed E-state index contributed by atoms with van der Waals surface area (Å²) in [6.45, 7) is 2.15. The van der Waals surface area contributed by atoms with Crippen LogP contribution in [0, 0.1) is 0 Å². The first kappa shape index (κ1) is 19.3. The van der Waals surface area contributed by atoms with Crippen LogP contribution >= 0.6 is 15.9 Å². The third kappa shape index (κ3) is 3.80. The van der Waals surface area contributed by atoms with E-state index in [1.807, 2.05) is 0 Å². The number of ether oxygens (including phenoxy) is 1. The quantitative estimate of drug-likeness (QED) is 0.538. The van der Waals surface area contributed by atoms with Crippen molar-refractivity contribution in [3.8, 4) is 17.0 Å². The summed E-state index contributed by atoms with van der Waals surface area (Å²) in [7, 11) is 0. The van der Waals surface area contributed by atoms with Crippen molar-refractivity contribution in [3.63, 3.8) is 0 Å². The number of fused-ring (bicyclic) bond motifs is 1. The van der Waals surface area contributed by atoms with Gasteiger partial charge in [-0.2, -0.15) is 13.2 Å². The summed E-state index contributed by atoms with van der Waals surface area (Å²) in [6.07, 6.45) is -4.99. The number of benzene rings is 2. The lowest BCUT2D eigenvalue weighted by molar-refractivity contribution is -0.137. The Bertz CT molecular complexity index is 1010. The molecule has 2 aromatic carbocycles. The first-order chi connectivity index (χ1) is 12.7. The van der Waals surface area contributed by atoms with Crippen molar-refractivity contribution >= 4 is 32.8 Å². The van der Waals surface area contributed by atoms with E-state index in [1.54, 1.807) is 25.1 Å². The number of H-pyrrole nitrogens is 1. The second kappa shape index (κ2) is 7.26. The first-order valence-electron chi connectivity index (χ1n) is 8.07. The average molecular weight is 442 g/mol. The molecule has 0 bridgehead atoms. The fraction of sp³-hybridized carbons (Fsp3) is 0.211. The molecule has 1 heterocycles. The van der Waals surface area contributed by atoms with Gasteiger partial charge in [-0.15, -0.1) is 0 Å². The van der Waals surface area contributed by atoms with Gasteiger partial charge in [0.2, 0.25) is 0 Å². The van der Waals surface area contributed by atoms with E-state index < -0.39 is 24.1 Å². The lowest BCUT2D eigenvalue weighted by Gasteiger charge is -2.11. The molecule has 0 fully saturated rings. The molecular weight excluding hydrogens is 427 g/mol. The van der Waals surface area contributed by atoms with Gasteiger partial charge in [0.15, 0.2) is 0 Å². The van der Waals surface area contributed by atoms with Crippen LogP contribution in [0.5, 0.6) is 5.75 Å². The van der Waals surface area contributed by atoms with Crippen LogP contribution in [0.1, 0.15) is 18.1 Å². The van der Waals surface area contributed by atoms with E-state index in [-0.39, 0.29) is 16.5 Å². The predicted molar refractivity (Wildman–Crippen MR) is 98.9 cm³/mol. The number of aromatic nitrogens is 1. The van der Waals surface area contributed by atoms with Gasteiger partial charge >= 0.3 is 12.1 Å². The van der Waals surface area contributed by atoms with Gasteiger partial charge in [0, 0.05) is 15.4 Å². The zero-order valence-corrected chi connectivity index (χ0v) is 15.7. The minimum Gasteiger partial charge on any atom is -0.493 e. The molecule has 0 radical (unpaired) electrons. The number of aliphatic carboxylic acids is 1. The Hall–Kier alpha value is -2.48. The van der Waals surface area contributed by atoms with Crippen LogP contribution in [0.4, 0.5) is 13.2 Å². The SMILES string of the molecule is CCOc1ccc(Br)cc1-c1[nH]c2c(C(F)(F)F)cccc2c1CC(=O)O. The second-order valence-electron chi connectivity index (χ2n) is 5.85. The number of halogens is 4. The van der Waals surface area contributed by atoms with Crippen LogP contribution in [0.15, 0.2) is 40.9 Å². The van der Waals surface area contributed by atoms with Crippen LogP contribution in [0.3, 0.4) is 0 Å². The summed E-state index contributed by atoms with van der Waals surface area (Å²) < 4.78 is 46.5. The molecule has 8 heteroatoms. The van der Waals surface area contributed by atoms with Gasteiger partial charge in [-0.05, 0) is 36.8 Å². The molecule has 0 atom stereocenters. The molecule has 0 saturated carbocycles. The molecule has 1 aromatic heterocycles. The van der Waals surface area contributed by atoms with Gasteiger partial charge in [0.05, 0.1) is 29.8 Å². The molecule has 0 unspecified atom stereocenters. The second-order valence-corrected chi connectivity index (χ2v) is 6.76. The van der Waals surface area contributed by atoms with Crippen LogP contribution in [-0.4, -0.2) is 22.7 Å². The molecule has 0 aliphatic rings. The van der Waals surface area contributed by atoms with E-state index in [2.05, 4.69) is 20.9 Å². The van der Waals surface area contributed by atoms with E-state index in [4.69, 9.17) is 4.74 Å². The summed E-state index contributed by atoms with van der Waals surface area (Å²) >= 11 is 3.34. The largest absolute Gasteiger partial charge is 0.493 e. The zero-order chi connectivity index (χ0) is 19.8. The van der Waals surface area contributed by atoms with Crippen LogP contribution in [0.2, 0.25) is 0 Å². The normalized spacial score (nSPS) is 11.7. The standard InChI is InChI=1S/C19H15BrF3NO3/c1-2-27-15-7-6-10(20)8-13(15)17-12(9-16(25)26)11-4-3-5-14(18(11)24-17)19(21,22)23/h3-8,24H,2,9H2,1H3,(H,25,26). The maximum atomic E-state index is 13.4. The summed E-state index contributed by atoms with van der Waals surface area (Å²) in [6, 6.07) is 8.85. The Morgan fingerprint density at radius 1 is 1.26 bits per heavy atom. The number of para-hydroxylation sites is 1. The number of hydrogen-bond donors (Lipinski definition) is 2. The summed E-state index contributed by atoms with van der Waals surface area (Å²) in [5, 5.41) is 9.52. The molecular formula is C19H15BrF3NO3. The van der Waals surface area contributed by atoms with E-state index >= 15 is 0 Å². The summed E-state index contributed by atoms with van der Waals surface area (Å²) in [4.78, 5) is 14.2. The molecule has 0 amide bonds. The van der Waals surface area contributed by atoms with Gasteiger partial charge in [0.1, 0.15) is 5.75 Å². The van der Waals surface area contributed by atoms with Gasteiger partial charge in [-0.25, -0.2) is 0 Å². The molecule has 142 valence electrons. The number of nitrogens with one attached hydrogen (secondary N) is 1. The third-order valence-electron chi connectivity index (χ3n) is 4.09. The highest BCUT2D eigenvalue weighted by molar-refractivity contribution is 9.10. The number of alkyl halides is 3. The number of carbonyl (C=O) groups is 1. The van der Waals surface area contributed by atoms with E-state index in [9.17, 15) is 23.1 Å². The fourth-order valence-electron chi connectivity index (χ4n) is 3.05. The number of rotatable bonds is 5. The van der Waals surface area contributed by atoms with Crippen molar-refractivity contribution < 1.29 is 27.8 Å². The Morgan fingerprint density at radius 2 is 2.00 bits per heavy atom. The number of carboxylic acids is 1. The number of aromatic amines is 1. The smallest absolute Gasteiger partial charge is 0.418 e. The predicted octanol–water partition coefficient (Wildman–Crippen LogP) is 5.64. The molecule has 0 aliphatic heterocycles. The van der Waals surface area contributed by atoms with Gasteiger partial charge in [0.25, 0.3) is 0 Å². The minimum absolute atomic E-state index is 0.140. The van der Waals surface area contributed by atoms with E-state index in [1.165, 1.54) is 12.1 Å². The topological polar surface area (TPSA) is 62.3 Å². The molecule has 4 nitrogen and oxygen atoms in total. The molecule has 27 heavy (non-hydrogen) atoms. The van der Waals surface area contributed by atoms with Crippen LogP contribution in [0.25, 0.3) is 22.2 Å². The third-order valence-corrected chi connectivity index (χ3v) is 4.58. The van der Waals surface area contributed by atoms with Crippen LogP contribution in [-0.2, 0) is 17.4 Å². The Balaban J connectivity index is 2.36. The van der Waals surface area contributed by atoms with Crippen molar-refractivity contribution in [1.29, 1.82) is 0 Å². The maximum Gasteiger partial charge on any atom is 0.418 e. The summed E-state index contributed by atoms with van der Waals surface area (Å²) in [5.41, 5.74) is 0.0906. The van der Waals surface area contributed by atoms with Gasteiger partial charge < -0.3 is 14.8 Å². The number of hydrogen-bond acceptors (Lipinski definition) is 2. The van der Waals surface area contributed by atoms with Gasteiger partial charge in [-0.3, -0.25) is 4.79 Å². The molecule has 3 rings (SSSR count). The van der Waals surface area contributed by atoms with Gasteiger partial charge in [-0.1, -0.05) is 28.1 Å². The highest BCUT2D eigenvalue weighted by atomic mass is 79.9. The van der Waals surface area contributed by atoms with Crippen molar-refractivity contribution in [1.82, 2.24) is 4.98 Å². The Morgan fingerprint density at radius 3 is 2.63 bits per heavy atom. The van der Waals surface area contributed by atoms with Crippen molar-refractivity contribution in [2.24, 2.45) is 0 Å². The number of carboxylic acid groups (broad SMARTS) is 1. The monoisotopic (exact) mass is 441 g/mol. The molecule has 3 aromatic rings. The van der Waals surface area contributed by atoms with E-state index in [0.717, 1.165) is 6.07 Å². The zero-order valence-electron chi connectivity index (χ0n) is 14.2. The van der Waals surface area contributed by atoms with E-state index in [0.29, 0.717) is 28.1 Å². The lowest BCUT2D eigenvalue weighted by Crippen LogP contribution is -2.05.